The predicted molar refractivity (Wildman–Crippen MR) is 150 cm³/mol. The van der Waals surface area contributed by atoms with Gasteiger partial charge in [-0.1, -0.05) is 57.2 Å². The van der Waals surface area contributed by atoms with E-state index in [1.807, 2.05) is 67.4 Å². The van der Waals surface area contributed by atoms with Crippen LogP contribution in [-0.4, -0.2) is 53.6 Å². The maximum absolute atomic E-state index is 12.9. The SMILES string of the molecule is Cc1ccc(C(=O)NCc2ccccc2)cc1Nc1nc(N[C@@H]2CCNC2)nc(N(C)CC(C)(C)C)n1. The third-order valence-electron chi connectivity index (χ3n) is 6.11. The first kappa shape index (κ1) is 26.3. The zero-order valence-corrected chi connectivity index (χ0v) is 22.4. The molecule has 9 heteroatoms. The lowest BCUT2D eigenvalue weighted by Gasteiger charge is -2.27. The Balaban J connectivity index is 1.55. The number of hydrogen-bond acceptors (Lipinski definition) is 8. The van der Waals surface area contributed by atoms with Crippen LogP contribution >= 0.6 is 0 Å². The second-order valence-corrected chi connectivity index (χ2v) is 10.9. The van der Waals surface area contributed by atoms with Gasteiger partial charge in [0.1, 0.15) is 0 Å². The van der Waals surface area contributed by atoms with Gasteiger partial charge in [0.15, 0.2) is 0 Å². The molecular weight excluding hydrogens is 464 g/mol. The van der Waals surface area contributed by atoms with Crippen LogP contribution < -0.4 is 26.2 Å². The standard InChI is InChI=1S/C28H38N8O/c1-19-11-12-21(24(37)30-16-20-9-7-6-8-10-20)15-23(19)32-26-33-25(31-22-13-14-29-17-22)34-27(35-26)36(5)18-28(2,3)4/h6-12,15,22,29H,13-14,16-18H2,1-5H3,(H,30,37)(H2,31,32,33,34,35)/t22-/m1/s1. The van der Waals surface area contributed by atoms with Gasteiger partial charge in [0.2, 0.25) is 17.8 Å². The molecule has 1 saturated heterocycles. The van der Waals surface area contributed by atoms with Crippen molar-refractivity contribution in [3.05, 3.63) is 65.2 Å². The van der Waals surface area contributed by atoms with E-state index < -0.39 is 0 Å². The Morgan fingerprint density at radius 1 is 1.08 bits per heavy atom. The monoisotopic (exact) mass is 502 g/mol. The van der Waals surface area contributed by atoms with Gasteiger partial charge >= 0.3 is 0 Å². The van der Waals surface area contributed by atoms with Gasteiger partial charge in [-0.2, -0.15) is 15.0 Å². The molecule has 3 aromatic rings. The highest BCUT2D eigenvalue weighted by atomic mass is 16.1. The summed E-state index contributed by atoms with van der Waals surface area (Å²) in [5.41, 5.74) is 3.46. The second-order valence-electron chi connectivity index (χ2n) is 10.9. The number of nitrogens with zero attached hydrogens (tertiary/aromatic N) is 4. The number of aryl methyl sites for hydroxylation is 1. The molecule has 1 aliphatic heterocycles. The number of anilines is 4. The number of carbonyl (C=O) groups is 1. The van der Waals surface area contributed by atoms with E-state index in [1.54, 1.807) is 0 Å². The van der Waals surface area contributed by atoms with E-state index in [0.29, 0.717) is 30.0 Å². The van der Waals surface area contributed by atoms with Crippen molar-refractivity contribution in [3.63, 3.8) is 0 Å². The first-order valence-corrected chi connectivity index (χ1v) is 12.8. The molecule has 37 heavy (non-hydrogen) atoms. The molecule has 0 spiro atoms. The lowest BCUT2D eigenvalue weighted by molar-refractivity contribution is 0.0951. The fourth-order valence-corrected chi connectivity index (χ4v) is 4.30. The number of aromatic nitrogens is 3. The van der Waals surface area contributed by atoms with Crippen LogP contribution in [0.2, 0.25) is 0 Å². The highest BCUT2D eigenvalue weighted by Crippen LogP contribution is 2.24. The molecule has 0 radical (unpaired) electrons. The average Bonchev–Trinajstić information content (AvgIpc) is 3.36. The number of nitrogens with one attached hydrogen (secondary N) is 4. The Bertz CT molecular complexity index is 1200. The second kappa shape index (κ2) is 11.6. The molecule has 1 aromatic heterocycles. The first-order chi connectivity index (χ1) is 17.7. The van der Waals surface area contributed by atoms with Crippen LogP contribution in [0.5, 0.6) is 0 Å². The number of carbonyl (C=O) groups excluding carboxylic acids is 1. The Hall–Kier alpha value is -3.72. The van der Waals surface area contributed by atoms with E-state index >= 15 is 0 Å². The van der Waals surface area contributed by atoms with Gasteiger partial charge in [-0.05, 0) is 48.6 Å². The number of hydrogen-bond donors (Lipinski definition) is 4. The smallest absolute Gasteiger partial charge is 0.251 e. The van der Waals surface area contributed by atoms with E-state index in [9.17, 15) is 4.79 Å². The van der Waals surface area contributed by atoms with Crippen molar-refractivity contribution in [3.8, 4) is 0 Å². The highest BCUT2D eigenvalue weighted by Gasteiger charge is 2.20. The topological polar surface area (TPSA) is 107 Å². The van der Waals surface area contributed by atoms with Crippen molar-refractivity contribution in [1.29, 1.82) is 0 Å². The molecule has 1 amide bonds. The molecular formula is C28H38N8O. The van der Waals surface area contributed by atoms with Crippen molar-refractivity contribution in [2.75, 3.05) is 42.2 Å². The zero-order chi connectivity index (χ0) is 26.4. The third-order valence-corrected chi connectivity index (χ3v) is 6.11. The van der Waals surface area contributed by atoms with Crippen LogP contribution in [0.3, 0.4) is 0 Å². The molecule has 0 bridgehead atoms. The Morgan fingerprint density at radius 3 is 2.54 bits per heavy atom. The molecule has 2 aromatic carbocycles. The molecule has 4 rings (SSSR count). The summed E-state index contributed by atoms with van der Waals surface area (Å²) in [6.45, 7) is 11.7. The summed E-state index contributed by atoms with van der Waals surface area (Å²) in [5, 5.41) is 13.1. The number of amides is 1. The average molecular weight is 503 g/mol. The van der Waals surface area contributed by atoms with Gasteiger partial charge in [0.05, 0.1) is 0 Å². The fraction of sp³-hybridized carbons (Fsp3) is 0.429. The predicted octanol–water partition coefficient (Wildman–Crippen LogP) is 4.11. The van der Waals surface area contributed by atoms with Crippen molar-refractivity contribution < 1.29 is 4.79 Å². The number of benzene rings is 2. The molecule has 196 valence electrons. The molecule has 1 aliphatic rings. The van der Waals surface area contributed by atoms with Crippen molar-refractivity contribution in [2.24, 2.45) is 5.41 Å². The maximum Gasteiger partial charge on any atom is 0.251 e. The minimum absolute atomic E-state index is 0.0793. The molecule has 0 aliphatic carbocycles. The van der Waals surface area contributed by atoms with Crippen LogP contribution in [0.25, 0.3) is 0 Å². The summed E-state index contributed by atoms with van der Waals surface area (Å²) in [6, 6.07) is 15.7. The van der Waals surface area contributed by atoms with E-state index in [1.165, 1.54) is 0 Å². The van der Waals surface area contributed by atoms with Gasteiger partial charge in [-0.15, -0.1) is 0 Å². The van der Waals surface area contributed by atoms with E-state index in [4.69, 9.17) is 9.97 Å². The van der Waals surface area contributed by atoms with Crippen molar-refractivity contribution in [1.82, 2.24) is 25.6 Å². The molecule has 2 heterocycles. The lowest BCUT2D eigenvalue weighted by Crippen LogP contribution is -2.31. The van der Waals surface area contributed by atoms with Gasteiger partial charge in [-0.3, -0.25) is 4.79 Å². The normalized spacial score (nSPS) is 15.3. The summed E-state index contributed by atoms with van der Waals surface area (Å²) in [6.07, 6.45) is 1.01. The summed E-state index contributed by atoms with van der Waals surface area (Å²) < 4.78 is 0. The summed E-state index contributed by atoms with van der Waals surface area (Å²) in [4.78, 5) is 29.0. The zero-order valence-electron chi connectivity index (χ0n) is 22.4. The first-order valence-electron chi connectivity index (χ1n) is 12.8. The molecule has 1 atom stereocenters. The molecule has 0 unspecified atom stereocenters. The fourth-order valence-electron chi connectivity index (χ4n) is 4.30. The Morgan fingerprint density at radius 2 is 1.84 bits per heavy atom. The van der Waals surface area contributed by atoms with Crippen molar-refractivity contribution >= 4 is 29.4 Å². The summed E-state index contributed by atoms with van der Waals surface area (Å²) in [5.74, 6) is 1.43. The highest BCUT2D eigenvalue weighted by molar-refractivity contribution is 5.95. The summed E-state index contributed by atoms with van der Waals surface area (Å²) >= 11 is 0. The lowest BCUT2D eigenvalue weighted by atomic mass is 9.96. The molecule has 4 N–H and O–H groups in total. The molecule has 0 saturated carbocycles. The van der Waals surface area contributed by atoms with Crippen LogP contribution in [0.1, 0.15) is 48.7 Å². The third kappa shape index (κ3) is 7.63. The largest absolute Gasteiger partial charge is 0.350 e. The van der Waals surface area contributed by atoms with Gasteiger partial charge in [0.25, 0.3) is 5.91 Å². The van der Waals surface area contributed by atoms with Crippen LogP contribution in [-0.2, 0) is 6.54 Å². The van der Waals surface area contributed by atoms with Gasteiger partial charge < -0.3 is 26.2 Å². The van der Waals surface area contributed by atoms with Crippen molar-refractivity contribution in [2.45, 2.75) is 46.7 Å². The Kier molecular flexibility index (Phi) is 8.23. The van der Waals surface area contributed by atoms with Gasteiger partial charge in [0, 0.05) is 44.0 Å². The summed E-state index contributed by atoms with van der Waals surface area (Å²) in [7, 11) is 1.99. The van der Waals surface area contributed by atoms with Crippen LogP contribution in [0, 0.1) is 12.3 Å². The van der Waals surface area contributed by atoms with Crippen LogP contribution in [0.15, 0.2) is 48.5 Å². The van der Waals surface area contributed by atoms with E-state index in [-0.39, 0.29) is 17.4 Å². The molecule has 1 fully saturated rings. The minimum atomic E-state index is -0.135. The maximum atomic E-state index is 12.9. The Labute approximate surface area is 219 Å². The molecule has 9 nitrogen and oxygen atoms in total. The van der Waals surface area contributed by atoms with E-state index in [2.05, 4.69) is 47.0 Å². The quantitative estimate of drug-likeness (QED) is 0.346. The minimum Gasteiger partial charge on any atom is -0.350 e. The van der Waals surface area contributed by atoms with E-state index in [0.717, 1.165) is 42.9 Å². The van der Waals surface area contributed by atoms with Crippen LogP contribution in [0.4, 0.5) is 23.5 Å². The van der Waals surface area contributed by atoms with Gasteiger partial charge in [-0.25, -0.2) is 0 Å². The number of rotatable bonds is 9.